The van der Waals surface area contributed by atoms with Crippen molar-refractivity contribution >= 4 is 11.0 Å². The summed E-state index contributed by atoms with van der Waals surface area (Å²) in [5, 5.41) is 13.3. The second kappa shape index (κ2) is 8.74. The monoisotopic (exact) mass is 443 g/mol. The van der Waals surface area contributed by atoms with E-state index in [0.29, 0.717) is 40.1 Å². The van der Waals surface area contributed by atoms with E-state index in [1.54, 1.807) is 19.1 Å². The molecule has 0 N–H and O–H groups in total. The number of aromatic nitrogens is 3. The molecule has 0 amide bonds. The summed E-state index contributed by atoms with van der Waals surface area (Å²) < 4.78 is 22.4. The molecule has 3 heterocycles. The zero-order valence-corrected chi connectivity index (χ0v) is 18.2. The molecule has 0 spiro atoms. The molecule has 0 radical (unpaired) electrons. The van der Waals surface area contributed by atoms with Crippen LogP contribution in [0.5, 0.6) is 5.75 Å². The van der Waals surface area contributed by atoms with Gasteiger partial charge in [0, 0.05) is 23.1 Å². The van der Waals surface area contributed by atoms with E-state index in [1.807, 2.05) is 42.5 Å². The average Bonchev–Trinajstić information content (AvgIpc) is 3.44. The van der Waals surface area contributed by atoms with E-state index in [1.165, 1.54) is 0 Å². The van der Waals surface area contributed by atoms with E-state index in [4.69, 9.17) is 18.1 Å². The Kier molecular flexibility index (Phi) is 5.48. The van der Waals surface area contributed by atoms with Crippen LogP contribution in [0.25, 0.3) is 33.7 Å². The summed E-state index contributed by atoms with van der Waals surface area (Å²) in [5.74, 6) is 1.72. The smallest absolute Gasteiger partial charge is 0.336 e. The second-order valence-electron chi connectivity index (χ2n) is 7.62. The van der Waals surface area contributed by atoms with Crippen molar-refractivity contribution in [2.75, 3.05) is 0 Å². The van der Waals surface area contributed by atoms with E-state index in [-0.39, 0.29) is 12.2 Å². The van der Waals surface area contributed by atoms with Gasteiger partial charge in [-0.1, -0.05) is 48.8 Å². The maximum atomic E-state index is 11.9. The number of hydrogen-bond donors (Lipinski definition) is 0. The summed E-state index contributed by atoms with van der Waals surface area (Å²) in [5.41, 5.74) is 3.26. The van der Waals surface area contributed by atoms with Gasteiger partial charge in [-0.15, -0.1) is 10.2 Å². The first-order valence-corrected chi connectivity index (χ1v) is 10.7. The molecule has 33 heavy (non-hydrogen) atoms. The van der Waals surface area contributed by atoms with Gasteiger partial charge in [0.2, 0.25) is 0 Å². The first-order valence-electron chi connectivity index (χ1n) is 10.7. The van der Waals surface area contributed by atoms with Crippen molar-refractivity contribution in [3.8, 4) is 28.5 Å². The normalized spacial score (nSPS) is 11.2. The molecule has 3 aromatic heterocycles. The number of benzene rings is 2. The number of fused-ring (bicyclic) bond motifs is 1. The van der Waals surface area contributed by atoms with Gasteiger partial charge in [0.05, 0.1) is 0 Å². The van der Waals surface area contributed by atoms with Crippen molar-refractivity contribution in [2.45, 2.75) is 33.3 Å². The number of nitrogens with zero attached hydrogens (tertiary/aromatic N) is 3. The van der Waals surface area contributed by atoms with Gasteiger partial charge in [0.15, 0.2) is 6.61 Å². The SMILES string of the molecule is CCCc1cc(=O)oc2cc(OCc3nnc(-c4c(-c5ccccc5)noc4C)o3)ccc12. The fraction of sp³-hybridized carbons (Fsp3) is 0.200. The largest absolute Gasteiger partial charge is 0.484 e. The highest BCUT2D eigenvalue weighted by molar-refractivity contribution is 5.81. The second-order valence-corrected chi connectivity index (χ2v) is 7.62. The molecule has 0 atom stereocenters. The van der Waals surface area contributed by atoms with Gasteiger partial charge in [0.1, 0.15) is 28.4 Å². The third-order valence-electron chi connectivity index (χ3n) is 5.27. The lowest BCUT2D eigenvalue weighted by Gasteiger charge is -2.07. The maximum absolute atomic E-state index is 11.9. The van der Waals surface area contributed by atoms with Crippen molar-refractivity contribution in [3.63, 3.8) is 0 Å². The van der Waals surface area contributed by atoms with Crippen LogP contribution in [0.3, 0.4) is 0 Å². The summed E-state index contributed by atoms with van der Waals surface area (Å²) in [7, 11) is 0. The highest BCUT2D eigenvalue weighted by Gasteiger charge is 2.22. The van der Waals surface area contributed by atoms with Crippen LogP contribution in [0.1, 0.15) is 30.6 Å². The standard InChI is InChI=1S/C25H21N3O5/c1-3-7-17-12-22(29)31-20-13-18(10-11-19(17)20)30-14-21-26-27-25(32-21)23-15(2)33-28-24(23)16-8-5-4-6-9-16/h4-6,8-13H,3,7,14H2,1-2H3. The molecular weight excluding hydrogens is 422 g/mol. The third-order valence-corrected chi connectivity index (χ3v) is 5.27. The molecule has 8 heteroatoms. The van der Waals surface area contributed by atoms with Crippen LogP contribution in [-0.4, -0.2) is 15.4 Å². The molecule has 8 nitrogen and oxygen atoms in total. The number of hydrogen-bond acceptors (Lipinski definition) is 8. The van der Waals surface area contributed by atoms with Crippen LogP contribution < -0.4 is 10.4 Å². The predicted octanol–water partition coefficient (Wildman–Crippen LogP) is 5.34. The number of ether oxygens (including phenoxy) is 1. The van der Waals surface area contributed by atoms with Crippen LogP contribution in [0, 0.1) is 6.92 Å². The van der Waals surface area contributed by atoms with Crippen molar-refractivity contribution in [3.05, 3.63) is 82.2 Å². The minimum absolute atomic E-state index is 0.0579. The Morgan fingerprint density at radius 1 is 1.00 bits per heavy atom. The molecule has 0 bridgehead atoms. The number of rotatable bonds is 7. The highest BCUT2D eigenvalue weighted by atomic mass is 16.5. The molecule has 0 aliphatic rings. The summed E-state index contributed by atoms with van der Waals surface area (Å²) in [4.78, 5) is 11.9. The minimum atomic E-state index is -0.372. The Morgan fingerprint density at radius 3 is 2.67 bits per heavy atom. The molecule has 166 valence electrons. The van der Waals surface area contributed by atoms with E-state index < -0.39 is 0 Å². The zero-order chi connectivity index (χ0) is 22.8. The van der Waals surface area contributed by atoms with Crippen molar-refractivity contribution in [2.24, 2.45) is 0 Å². The van der Waals surface area contributed by atoms with Gasteiger partial charge < -0.3 is 18.1 Å². The summed E-state index contributed by atoms with van der Waals surface area (Å²) in [6, 6.07) is 16.6. The minimum Gasteiger partial charge on any atom is -0.484 e. The van der Waals surface area contributed by atoms with Gasteiger partial charge in [-0.05, 0) is 31.0 Å². The Bertz CT molecular complexity index is 1470. The van der Waals surface area contributed by atoms with E-state index in [9.17, 15) is 4.79 Å². The molecule has 0 aliphatic heterocycles. The Balaban J connectivity index is 1.37. The molecule has 0 unspecified atom stereocenters. The molecule has 0 saturated heterocycles. The molecule has 0 aliphatic carbocycles. The summed E-state index contributed by atoms with van der Waals surface area (Å²) >= 11 is 0. The van der Waals surface area contributed by atoms with Gasteiger partial charge >= 0.3 is 5.63 Å². The number of aryl methyl sites for hydroxylation is 2. The molecule has 0 saturated carbocycles. The third kappa shape index (κ3) is 4.15. The van der Waals surface area contributed by atoms with Gasteiger partial charge in [0.25, 0.3) is 11.8 Å². The van der Waals surface area contributed by atoms with Gasteiger partial charge in [-0.25, -0.2) is 4.79 Å². The van der Waals surface area contributed by atoms with Crippen LogP contribution in [0.15, 0.2) is 72.7 Å². The van der Waals surface area contributed by atoms with Crippen LogP contribution in [0.2, 0.25) is 0 Å². The summed E-state index contributed by atoms with van der Waals surface area (Å²) in [6.45, 7) is 3.92. The Labute approximate surface area is 188 Å². The van der Waals surface area contributed by atoms with Crippen LogP contribution in [-0.2, 0) is 13.0 Å². The first kappa shape index (κ1) is 20.7. The Hall–Kier alpha value is -4.20. The quantitative estimate of drug-likeness (QED) is 0.311. The van der Waals surface area contributed by atoms with Gasteiger partial charge in [-0.2, -0.15) is 0 Å². The molecular formula is C25H21N3O5. The zero-order valence-electron chi connectivity index (χ0n) is 18.2. The lowest BCUT2D eigenvalue weighted by atomic mass is 10.1. The van der Waals surface area contributed by atoms with Gasteiger partial charge in [-0.3, -0.25) is 0 Å². The summed E-state index contributed by atoms with van der Waals surface area (Å²) in [6.07, 6.45) is 1.74. The van der Waals surface area contributed by atoms with Crippen LogP contribution >= 0.6 is 0 Å². The van der Waals surface area contributed by atoms with Crippen LogP contribution in [0.4, 0.5) is 0 Å². The Morgan fingerprint density at radius 2 is 1.85 bits per heavy atom. The van der Waals surface area contributed by atoms with E-state index in [0.717, 1.165) is 29.4 Å². The molecule has 5 rings (SSSR count). The lowest BCUT2D eigenvalue weighted by molar-refractivity contribution is 0.264. The molecule has 2 aromatic carbocycles. The van der Waals surface area contributed by atoms with Crippen molar-refractivity contribution < 1.29 is 18.1 Å². The molecule has 0 fully saturated rings. The van der Waals surface area contributed by atoms with Crippen molar-refractivity contribution in [1.29, 1.82) is 0 Å². The fourth-order valence-corrected chi connectivity index (χ4v) is 3.75. The topological polar surface area (TPSA) is 104 Å². The van der Waals surface area contributed by atoms with Crippen molar-refractivity contribution in [1.82, 2.24) is 15.4 Å². The average molecular weight is 443 g/mol. The van der Waals surface area contributed by atoms with E-state index >= 15 is 0 Å². The maximum Gasteiger partial charge on any atom is 0.336 e. The highest BCUT2D eigenvalue weighted by Crippen LogP contribution is 2.33. The first-order chi connectivity index (χ1) is 16.1. The lowest BCUT2D eigenvalue weighted by Crippen LogP contribution is -2.01. The fourth-order valence-electron chi connectivity index (χ4n) is 3.75. The molecule has 5 aromatic rings. The predicted molar refractivity (Wildman–Crippen MR) is 121 cm³/mol. The van der Waals surface area contributed by atoms with E-state index in [2.05, 4.69) is 22.3 Å².